The van der Waals surface area contributed by atoms with Gasteiger partial charge in [0.25, 0.3) is 0 Å². The van der Waals surface area contributed by atoms with Crippen molar-refractivity contribution < 1.29 is 0 Å². The van der Waals surface area contributed by atoms with Gasteiger partial charge < -0.3 is 10.3 Å². The highest BCUT2D eigenvalue weighted by atomic mass is 35.5. The molecule has 0 bridgehead atoms. The Labute approximate surface area is 104 Å². The van der Waals surface area contributed by atoms with Crippen molar-refractivity contribution in [2.75, 3.05) is 17.6 Å². The predicted molar refractivity (Wildman–Crippen MR) is 69.3 cm³/mol. The molecule has 0 spiro atoms. The summed E-state index contributed by atoms with van der Waals surface area (Å²) in [5, 5.41) is 4.98. The Morgan fingerprint density at radius 3 is 3.00 bits per heavy atom. The maximum absolute atomic E-state index is 6.01. The molecule has 0 saturated carbocycles. The number of anilines is 1. The highest BCUT2D eigenvalue weighted by Gasteiger charge is 1.98. The van der Waals surface area contributed by atoms with Crippen molar-refractivity contribution in [1.29, 1.82) is 0 Å². The summed E-state index contributed by atoms with van der Waals surface area (Å²) in [4.78, 5) is 7.18. The van der Waals surface area contributed by atoms with Crippen LogP contribution in [-0.4, -0.2) is 22.3 Å². The second-order valence-corrected chi connectivity index (χ2v) is 4.64. The number of aromatic amines is 1. The molecular weight excluding hydrogens is 242 g/mol. The van der Waals surface area contributed by atoms with Crippen LogP contribution in [0.25, 0.3) is 0 Å². The van der Waals surface area contributed by atoms with Gasteiger partial charge >= 0.3 is 0 Å². The van der Waals surface area contributed by atoms with Gasteiger partial charge in [-0.05, 0) is 12.1 Å². The van der Waals surface area contributed by atoms with Gasteiger partial charge in [-0.25, -0.2) is 4.98 Å². The van der Waals surface area contributed by atoms with E-state index in [1.807, 2.05) is 30.5 Å². The molecule has 0 aliphatic rings. The molecule has 0 amide bonds. The number of rotatable bonds is 5. The normalized spacial score (nSPS) is 10.3. The average molecular weight is 254 g/mol. The van der Waals surface area contributed by atoms with Crippen LogP contribution >= 0.6 is 23.4 Å². The van der Waals surface area contributed by atoms with E-state index in [2.05, 4.69) is 15.3 Å². The monoisotopic (exact) mass is 253 g/mol. The summed E-state index contributed by atoms with van der Waals surface area (Å²) in [6.45, 7) is 0.856. The molecule has 2 rings (SSSR count). The van der Waals surface area contributed by atoms with Gasteiger partial charge in [-0.2, -0.15) is 0 Å². The predicted octanol–water partition coefficient (Wildman–Crippen LogP) is 3.27. The number of imidazole rings is 1. The van der Waals surface area contributed by atoms with Gasteiger partial charge in [-0.1, -0.05) is 35.5 Å². The van der Waals surface area contributed by atoms with Crippen LogP contribution in [0.15, 0.2) is 41.8 Å². The molecule has 0 atom stereocenters. The summed E-state index contributed by atoms with van der Waals surface area (Å²) in [6.07, 6.45) is 3.58. The molecule has 84 valence electrons. The number of para-hydroxylation sites is 1. The summed E-state index contributed by atoms with van der Waals surface area (Å²) >= 11 is 7.69. The van der Waals surface area contributed by atoms with E-state index in [4.69, 9.17) is 11.6 Å². The van der Waals surface area contributed by atoms with Crippen LogP contribution in [0.1, 0.15) is 0 Å². The first-order chi connectivity index (χ1) is 7.86. The second-order valence-electron chi connectivity index (χ2n) is 3.15. The molecule has 5 heteroatoms. The van der Waals surface area contributed by atoms with Crippen molar-refractivity contribution in [2.45, 2.75) is 5.16 Å². The molecule has 1 heterocycles. The van der Waals surface area contributed by atoms with E-state index in [0.29, 0.717) is 0 Å². The highest BCUT2D eigenvalue weighted by Crippen LogP contribution is 2.20. The van der Waals surface area contributed by atoms with Crippen LogP contribution in [-0.2, 0) is 0 Å². The van der Waals surface area contributed by atoms with E-state index in [9.17, 15) is 0 Å². The molecule has 0 aliphatic carbocycles. The third-order valence-corrected chi connectivity index (χ3v) is 3.24. The first kappa shape index (κ1) is 11.4. The lowest BCUT2D eigenvalue weighted by atomic mass is 10.3. The third kappa shape index (κ3) is 3.18. The summed E-state index contributed by atoms with van der Waals surface area (Å²) in [5.41, 5.74) is 0.976. The smallest absolute Gasteiger partial charge is 0.165 e. The quantitative estimate of drug-likeness (QED) is 0.635. The van der Waals surface area contributed by atoms with Crippen LogP contribution in [0, 0.1) is 0 Å². The molecule has 3 nitrogen and oxygen atoms in total. The molecule has 2 N–H and O–H groups in total. The minimum atomic E-state index is 0.755. The second kappa shape index (κ2) is 5.82. The maximum atomic E-state index is 6.01. The van der Waals surface area contributed by atoms with E-state index in [0.717, 1.165) is 28.2 Å². The molecule has 0 fully saturated rings. The van der Waals surface area contributed by atoms with Crippen LogP contribution < -0.4 is 5.32 Å². The van der Waals surface area contributed by atoms with Crippen LogP contribution in [0.2, 0.25) is 5.02 Å². The molecule has 0 aliphatic heterocycles. The van der Waals surface area contributed by atoms with Crippen molar-refractivity contribution in [3.05, 3.63) is 41.7 Å². The van der Waals surface area contributed by atoms with E-state index >= 15 is 0 Å². The number of halogens is 1. The standard InChI is InChI=1S/C11H12ClN3S/c12-9-3-1-2-4-10(9)13-7-8-16-11-14-5-6-15-11/h1-6,13H,7-8H2,(H,14,15). The fourth-order valence-electron chi connectivity index (χ4n) is 1.27. The summed E-state index contributed by atoms with van der Waals surface area (Å²) in [5.74, 6) is 0.943. The van der Waals surface area contributed by atoms with Gasteiger partial charge in [0.15, 0.2) is 5.16 Å². The highest BCUT2D eigenvalue weighted by molar-refractivity contribution is 7.99. The minimum absolute atomic E-state index is 0.755. The minimum Gasteiger partial charge on any atom is -0.383 e. The number of nitrogens with zero attached hydrogens (tertiary/aromatic N) is 1. The zero-order valence-corrected chi connectivity index (χ0v) is 10.2. The van der Waals surface area contributed by atoms with Crippen molar-refractivity contribution in [3.8, 4) is 0 Å². The van der Waals surface area contributed by atoms with Crippen molar-refractivity contribution >= 4 is 29.1 Å². The third-order valence-electron chi connectivity index (χ3n) is 2.00. The number of hydrogen-bond donors (Lipinski definition) is 2. The van der Waals surface area contributed by atoms with E-state index in [1.54, 1.807) is 18.0 Å². The lowest BCUT2D eigenvalue weighted by molar-refractivity contribution is 1.05. The van der Waals surface area contributed by atoms with Crippen molar-refractivity contribution in [1.82, 2.24) is 9.97 Å². The zero-order valence-electron chi connectivity index (χ0n) is 8.61. The molecule has 0 radical (unpaired) electrons. The molecule has 2 aromatic rings. The van der Waals surface area contributed by atoms with E-state index in [1.165, 1.54) is 0 Å². The molecule has 1 aromatic carbocycles. The van der Waals surface area contributed by atoms with E-state index < -0.39 is 0 Å². The number of nitrogens with one attached hydrogen (secondary N) is 2. The van der Waals surface area contributed by atoms with Gasteiger partial charge in [-0.3, -0.25) is 0 Å². The number of H-pyrrole nitrogens is 1. The van der Waals surface area contributed by atoms with E-state index in [-0.39, 0.29) is 0 Å². The topological polar surface area (TPSA) is 40.7 Å². The zero-order chi connectivity index (χ0) is 11.2. The Morgan fingerprint density at radius 2 is 2.25 bits per heavy atom. The lowest BCUT2D eigenvalue weighted by Gasteiger charge is -2.06. The van der Waals surface area contributed by atoms with Gasteiger partial charge in [0.2, 0.25) is 0 Å². The number of aromatic nitrogens is 2. The number of benzene rings is 1. The molecule has 0 saturated heterocycles. The van der Waals surface area contributed by atoms with Gasteiger partial charge in [-0.15, -0.1) is 0 Å². The largest absolute Gasteiger partial charge is 0.383 e. The fourth-order valence-corrected chi connectivity index (χ4v) is 2.15. The molecule has 16 heavy (non-hydrogen) atoms. The van der Waals surface area contributed by atoms with Crippen LogP contribution in [0.3, 0.4) is 0 Å². The Balaban J connectivity index is 1.74. The number of hydrogen-bond acceptors (Lipinski definition) is 3. The Hall–Kier alpha value is -1.13. The average Bonchev–Trinajstić information content (AvgIpc) is 2.79. The fraction of sp³-hybridized carbons (Fsp3) is 0.182. The summed E-state index contributed by atoms with van der Waals surface area (Å²) < 4.78 is 0. The molecule has 0 unspecified atom stereocenters. The van der Waals surface area contributed by atoms with Gasteiger partial charge in [0.1, 0.15) is 0 Å². The van der Waals surface area contributed by atoms with Gasteiger partial charge in [0, 0.05) is 24.7 Å². The first-order valence-electron chi connectivity index (χ1n) is 4.97. The van der Waals surface area contributed by atoms with Crippen molar-refractivity contribution in [3.63, 3.8) is 0 Å². The molecular formula is C11H12ClN3S. The Morgan fingerprint density at radius 1 is 1.38 bits per heavy atom. The summed E-state index contributed by atoms with van der Waals surface area (Å²) in [7, 11) is 0. The maximum Gasteiger partial charge on any atom is 0.165 e. The molecule has 1 aromatic heterocycles. The Kier molecular flexibility index (Phi) is 4.13. The first-order valence-corrected chi connectivity index (χ1v) is 6.33. The lowest BCUT2D eigenvalue weighted by Crippen LogP contribution is -2.04. The van der Waals surface area contributed by atoms with Crippen LogP contribution in [0.5, 0.6) is 0 Å². The Bertz CT molecular complexity index is 431. The van der Waals surface area contributed by atoms with Gasteiger partial charge in [0.05, 0.1) is 10.7 Å². The van der Waals surface area contributed by atoms with Crippen molar-refractivity contribution in [2.24, 2.45) is 0 Å². The SMILES string of the molecule is Clc1ccccc1NCCSc1ncc[nH]1. The summed E-state index contributed by atoms with van der Waals surface area (Å²) in [6, 6.07) is 7.74. The van der Waals surface area contributed by atoms with Crippen LogP contribution in [0.4, 0.5) is 5.69 Å². The number of thioether (sulfide) groups is 1.